The first-order valence-electron chi connectivity index (χ1n) is 7.46. The first-order chi connectivity index (χ1) is 10.5. The molecule has 4 nitrogen and oxygen atoms in total. The first-order valence-corrected chi connectivity index (χ1v) is 7.46. The lowest BCUT2D eigenvalue weighted by Gasteiger charge is -2.48. The van der Waals surface area contributed by atoms with E-state index in [-0.39, 0.29) is 5.54 Å². The fraction of sp³-hybridized carbons (Fsp3) is 0.278. The number of fused-ring (bicyclic) bond motifs is 1. The first kappa shape index (κ1) is 14.4. The largest absolute Gasteiger partial charge is 0.359 e. The molecule has 0 saturated carbocycles. The van der Waals surface area contributed by atoms with Crippen LogP contribution in [0.2, 0.25) is 0 Å². The van der Waals surface area contributed by atoms with Crippen LogP contribution in [-0.2, 0) is 6.54 Å². The van der Waals surface area contributed by atoms with E-state index < -0.39 is 6.03 Å². The number of para-hydroxylation sites is 2. The lowest BCUT2D eigenvalue weighted by molar-refractivity contribution is 0.251. The Morgan fingerprint density at radius 1 is 1.05 bits per heavy atom. The van der Waals surface area contributed by atoms with Gasteiger partial charge in [0.15, 0.2) is 0 Å². The molecule has 2 aromatic rings. The van der Waals surface area contributed by atoms with Gasteiger partial charge in [-0.1, -0.05) is 42.5 Å². The highest BCUT2D eigenvalue weighted by molar-refractivity contribution is 5.96. The topological polar surface area (TPSA) is 49.6 Å². The van der Waals surface area contributed by atoms with Crippen LogP contribution >= 0.6 is 0 Å². The van der Waals surface area contributed by atoms with E-state index in [0.717, 1.165) is 17.9 Å². The molecular formula is C18H21N3O. The summed E-state index contributed by atoms with van der Waals surface area (Å²) in [5, 5.41) is 0. The zero-order valence-electron chi connectivity index (χ0n) is 13.0. The van der Waals surface area contributed by atoms with Crippen LogP contribution in [0.15, 0.2) is 54.6 Å². The van der Waals surface area contributed by atoms with Gasteiger partial charge in [-0.3, -0.25) is 4.90 Å². The maximum Gasteiger partial charge on any atom is 0.319 e. The number of rotatable bonds is 2. The zero-order valence-corrected chi connectivity index (χ0v) is 13.0. The van der Waals surface area contributed by atoms with Crippen molar-refractivity contribution in [1.82, 2.24) is 0 Å². The third kappa shape index (κ3) is 2.52. The maximum atomic E-state index is 11.8. The van der Waals surface area contributed by atoms with Gasteiger partial charge in [-0.15, -0.1) is 0 Å². The Labute approximate surface area is 131 Å². The number of carbonyl (C=O) groups is 1. The second-order valence-electron chi connectivity index (χ2n) is 6.30. The summed E-state index contributed by atoms with van der Waals surface area (Å²) in [6.07, 6.45) is 0. The molecule has 1 heterocycles. The Morgan fingerprint density at radius 3 is 2.27 bits per heavy atom. The summed E-state index contributed by atoms with van der Waals surface area (Å²) in [4.78, 5) is 15.8. The molecule has 0 atom stereocenters. The molecule has 0 bridgehead atoms. The molecule has 3 rings (SSSR count). The molecule has 4 heteroatoms. The van der Waals surface area contributed by atoms with Crippen LogP contribution in [0.5, 0.6) is 0 Å². The molecule has 0 aromatic heterocycles. The molecule has 0 aliphatic carbocycles. The molecule has 2 amide bonds. The summed E-state index contributed by atoms with van der Waals surface area (Å²) < 4.78 is 0. The van der Waals surface area contributed by atoms with Gasteiger partial charge in [0.05, 0.1) is 23.5 Å². The number of hydrogen-bond donors (Lipinski definition) is 1. The smallest absolute Gasteiger partial charge is 0.319 e. The number of benzene rings is 2. The average molecular weight is 295 g/mol. The van der Waals surface area contributed by atoms with Crippen molar-refractivity contribution in [1.29, 1.82) is 0 Å². The summed E-state index contributed by atoms with van der Waals surface area (Å²) >= 11 is 0. The molecular weight excluding hydrogens is 274 g/mol. The molecule has 2 N–H and O–H groups in total. The van der Waals surface area contributed by atoms with Crippen LogP contribution in [0.4, 0.5) is 16.2 Å². The third-order valence-corrected chi connectivity index (χ3v) is 4.19. The fourth-order valence-electron chi connectivity index (χ4n) is 3.07. The predicted octanol–water partition coefficient (Wildman–Crippen LogP) is 3.37. The van der Waals surface area contributed by atoms with E-state index >= 15 is 0 Å². The van der Waals surface area contributed by atoms with Gasteiger partial charge in [-0.05, 0) is 31.5 Å². The Bertz CT molecular complexity index is 682. The van der Waals surface area contributed by atoms with Crippen LogP contribution in [0.3, 0.4) is 0 Å². The van der Waals surface area contributed by atoms with Crippen molar-refractivity contribution in [2.45, 2.75) is 25.9 Å². The van der Waals surface area contributed by atoms with Crippen molar-refractivity contribution in [3.05, 3.63) is 60.2 Å². The van der Waals surface area contributed by atoms with E-state index in [4.69, 9.17) is 5.73 Å². The van der Waals surface area contributed by atoms with E-state index in [9.17, 15) is 4.79 Å². The summed E-state index contributed by atoms with van der Waals surface area (Å²) in [6.45, 7) is 5.66. The van der Waals surface area contributed by atoms with E-state index in [1.165, 1.54) is 5.56 Å². The van der Waals surface area contributed by atoms with E-state index in [1.54, 1.807) is 4.90 Å². The Morgan fingerprint density at radius 2 is 1.64 bits per heavy atom. The molecule has 1 aliphatic rings. The number of urea groups is 1. The SMILES string of the molecule is CC1(C)CN(C(N)=O)c2ccccc2N1Cc1ccccc1. The average Bonchev–Trinajstić information content (AvgIpc) is 2.50. The maximum absolute atomic E-state index is 11.8. The number of amides is 2. The lowest BCUT2D eigenvalue weighted by atomic mass is 9.95. The van der Waals surface area contributed by atoms with Crippen molar-refractivity contribution >= 4 is 17.4 Å². The number of hydrogen-bond acceptors (Lipinski definition) is 2. The van der Waals surface area contributed by atoms with Gasteiger partial charge in [0, 0.05) is 6.54 Å². The van der Waals surface area contributed by atoms with Gasteiger partial charge in [-0.25, -0.2) is 4.79 Å². The second kappa shape index (κ2) is 5.37. The number of primary amides is 1. The number of nitrogens with two attached hydrogens (primary N) is 1. The molecule has 1 aliphatic heterocycles. The van der Waals surface area contributed by atoms with Crippen molar-refractivity contribution in [2.24, 2.45) is 5.73 Å². The van der Waals surface area contributed by atoms with Crippen molar-refractivity contribution in [2.75, 3.05) is 16.3 Å². The number of nitrogens with zero attached hydrogens (tertiary/aromatic N) is 2. The van der Waals surface area contributed by atoms with Crippen LogP contribution < -0.4 is 15.5 Å². The lowest BCUT2D eigenvalue weighted by Crippen LogP contribution is -2.58. The fourth-order valence-corrected chi connectivity index (χ4v) is 3.07. The van der Waals surface area contributed by atoms with Gasteiger partial charge < -0.3 is 10.6 Å². The summed E-state index contributed by atoms with van der Waals surface area (Å²) in [6, 6.07) is 17.9. The molecule has 22 heavy (non-hydrogen) atoms. The van der Waals surface area contributed by atoms with E-state index in [1.807, 2.05) is 36.4 Å². The Hall–Kier alpha value is -2.49. The minimum atomic E-state index is -0.403. The zero-order chi connectivity index (χ0) is 15.7. The molecule has 0 saturated heterocycles. The molecule has 0 spiro atoms. The van der Waals surface area contributed by atoms with Crippen molar-refractivity contribution < 1.29 is 4.79 Å². The van der Waals surface area contributed by atoms with E-state index in [0.29, 0.717) is 6.54 Å². The molecule has 2 aromatic carbocycles. The highest BCUT2D eigenvalue weighted by atomic mass is 16.2. The van der Waals surface area contributed by atoms with E-state index in [2.05, 4.69) is 36.9 Å². The monoisotopic (exact) mass is 295 g/mol. The Kier molecular flexibility index (Phi) is 3.53. The molecule has 0 unspecified atom stereocenters. The molecule has 0 radical (unpaired) electrons. The highest BCUT2D eigenvalue weighted by Gasteiger charge is 2.38. The Balaban J connectivity index is 2.04. The quantitative estimate of drug-likeness (QED) is 0.923. The standard InChI is InChI=1S/C18H21N3O/c1-18(2)13-20(17(19)22)15-10-6-7-11-16(15)21(18)12-14-8-4-3-5-9-14/h3-11H,12-13H2,1-2H3,(H2,19,22). The normalized spacial score (nSPS) is 16.3. The number of carbonyl (C=O) groups excluding carboxylic acids is 1. The number of anilines is 2. The van der Waals surface area contributed by atoms with Gasteiger partial charge >= 0.3 is 6.03 Å². The minimum Gasteiger partial charge on any atom is -0.359 e. The van der Waals surface area contributed by atoms with Crippen LogP contribution in [0, 0.1) is 0 Å². The summed E-state index contributed by atoms with van der Waals surface area (Å²) in [7, 11) is 0. The predicted molar refractivity (Wildman–Crippen MR) is 90.1 cm³/mol. The van der Waals surface area contributed by atoms with Crippen LogP contribution in [0.1, 0.15) is 19.4 Å². The van der Waals surface area contributed by atoms with Gasteiger partial charge in [0.1, 0.15) is 0 Å². The van der Waals surface area contributed by atoms with Crippen molar-refractivity contribution in [3.63, 3.8) is 0 Å². The summed E-state index contributed by atoms with van der Waals surface area (Å²) in [5.41, 5.74) is 8.55. The third-order valence-electron chi connectivity index (χ3n) is 4.19. The molecule has 0 fully saturated rings. The van der Waals surface area contributed by atoms with Gasteiger partial charge in [-0.2, -0.15) is 0 Å². The van der Waals surface area contributed by atoms with Crippen molar-refractivity contribution in [3.8, 4) is 0 Å². The van der Waals surface area contributed by atoms with Gasteiger partial charge in [0.25, 0.3) is 0 Å². The van der Waals surface area contributed by atoms with Crippen LogP contribution in [-0.4, -0.2) is 18.1 Å². The summed E-state index contributed by atoms with van der Waals surface area (Å²) in [5.74, 6) is 0. The second-order valence-corrected chi connectivity index (χ2v) is 6.30. The van der Waals surface area contributed by atoms with Gasteiger partial charge in [0.2, 0.25) is 0 Å². The van der Waals surface area contributed by atoms with Crippen LogP contribution in [0.25, 0.3) is 0 Å². The minimum absolute atomic E-state index is 0.195. The highest BCUT2D eigenvalue weighted by Crippen LogP contribution is 2.40. The molecule has 114 valence electrons.